The number of nitrogens with zero attached hydrogens (tertiary/aromatic N) is 2. The van der Waals surface area contributed by atoms with E-state index in [9.17, 15) is 13.2 Å². The van der Waals surface area contributed by atoms with Crippen LogP contribution in [-0.2, 0) is 10.0 Å². The van der Waals surface area contributed by atoms with Crippen molar-refractivity contribution in [3.8, 4) is 0 Å². The van der Waals surface area contributed by atoms with E-state index in [4.69, 9.17) is 0 Å². The van der Waals surface area contributed by atoms with Gasteiger partial charge in [0, 0.05) is 18.3 Å². The molecule has 0 spiro atoms. The van der Waals surface area contributed by atoms with Crippen LogP contribution in [0.5, 0.6) is 0 Å². The fourth-order valence-electron chi connectivity index (χ4n) is 3.13. The predicted octanol–water partition coefficient (Wildman–Crippen LogP) is 4.08. The fraction of sp³-hybridized carbons (Fsp3) is 0.182. The smallest absolute Gasteiger partial charge is 0.264 e. The predicted molar refractivity (Wildman–Crippen MR) is 115 cm³/mol. The number of rotatable bonds is 5. The molecule has 0 saturated carbocycles. The summed E-state index contributed by atoms with van der Waals surface area (Å²) in [5, 5.41) is 2.85. The molecule has 0 fully saturated rings. The van der Waals surface area contributed by atoms with E-state index in [1.807, 2.05) is 32.9 Å². The Hall–Kier alpha value is -3.19. The lowest BCUT2D eigenvalue weighted by Gasteiger charge is -2.20. The Morgan fingerprint density at radius 1 is 0.966 bits per heavy atom. The largest absolute Gasteiger partial charge is 0.320 e. The average Bonchev–Trinajstić information content (AvgIpc) is 2.70. The summed E-state index contributed by atoms with van der Waals surface area (Å²) in [5.74, 6) is -0.388. The van der Waals surface area contributed by atoms with Gasteiger partial charge in [0.2, 0.25) is 0 Å². The van der Waals surface area contributed by atoms with Crippen molar-refractivity contribution in [1.82, 2.24) is 4.98 Å². The van der Waals surface area contributed by atoms with Crippen molar-refractivity contribution in [2.75, 3.05) is 16.7 Å². The first-order chi connectivity index (χ1) is 13.7. The van der Waals surface area contributed by atoms with E-state index in [2.05, 4.69) is 10.3 Å². The maximum absolute atomic E-state index is 13.0. The van der Waals surface area contributed by atoms with E-state index in [1.54, 1.807) is 36.4 Å². The number of para-hydroxylation sites is 1. The number of carbonyl (C=O) groups is 1. The summed E-state index contributed by atoms with van der Waals surface area (Å²) in [6, 6.07) is 16.7. The van der Waals surface area contributed by atoms with E-state index < -0.39 is 10.0 Å². The third-order valence-corrected chi connectivity index (χ3v) is 6.42. The van der Waals surface area contributed by atoms with Gasteiger partial charge in [0.25, 0.3) is 15.9 Å². The van der Waals surface area contributed by atoms with Gasteiger partial charge in [-0.25, -0.2) is 8.42 Å². The minimum absolute atomic E-state index is 0.0481. The van der Waals surface area contributed by atoms with Crippen LogP contribution in [0, 0.1) is 20.8 Å². The summed E-state index contributed by atoms with van der Waals surface area (Å²) < 4.78 is 27.2. The van der Waals surface area contributed by atoms with Crippen LogP contribution in [-0.4, -0.2) is 26.4 Å². The third-order valence-electron chi connectivity index (χ3n) is 4.64. The molecule has 1 heterocycles. The van der Waals surface area contributed by atoms with Crippen molar-refractivity contribution in [3.63, 3.8) is 0 Å². The highest BCUT2D eigenvalue weighted by Crippen LogP contribution is 2.24. The van der Waals surface area contributed by atoms with Gasteiger partial charge >= 0.3 is 0 Å². The first kappa shape index (κ1) is 20.5. The van der Waals surface area contributed by atoms with Crippen LogP contribution in [0.2, 0.25) is 0 Å². The molecular formula is C22H23N3O3S. The van der Waals surface area contributed by atoms with Crippen LogP contribution < -0.4 is 9.62 Å². The van der Waals surface area contributed by atoms with E-state index >= 15 is 0 Å². The van der Waals surface area contributed by atoms with Gasteiger partial charge in [0.05, 0.1) is 22.0 Å². The number of aryl methyl sites for hydroxylation is 3. The number of sulfonamides is 1. The lowest BCUT2D eigenvalue weighted by Crippen LogP contribution is -2.26. The molecule has 3 rings (SSSR count). The Kier molecular flexibility index (Phi) is 5.70. The van der Waals surface area contributed by atoms with Crippen LogP contribution in [0.25, 0.3) is 0 Å². The van der Waals surface area contributed by atoms with Crippen molar-refractivity contribution in [2.45, 2.75) is 25.7 Å². The lowest BCUT2D eigenvalue weighted by molar-refractivity contribution is 0.102. The Labute approximate surface area is 171 Å². The van der Waals surface area contributed by atoms with Crippen LogP contribution in [0.15, 0.2) is 65.6 Å². The van der Waals surface area contributed by atoms with E-state index in [0.717, 1.165) is 11.3 Å². The Balaban J connectivity index is 1.90. The first-order valence-electron chi connectivity index (χ1n) is 9.10. The number of amides is 1. The maximum atomic E-state index is 13.0. The molecular weight excluding hydrogens is 386 g/mol. The summed E-state index contributed by atoms with van der Waals surface area (Å²) in [6.45, 7) is 5.61. The number of pyridine rings is 1. The first-order valence-corrected chi connectivity index (χ1v) is 10.5. The second-order valence-corrected chi connectivity index (χ2v) is 8.80. The number of carbonyl (C=O) groups excluding carboxylic acids is 1. The molecule has 1 aromatic heterocycles. The van der Waals surface area contributed by atoms with Gasteiger partial charge in [-0.3, -0.25) is 14.1 Å². The number of aromatic nitrogens is 1. The molecule has 0 unspecified atom stereocenters. The monoisotopic (exact) mass is 409 g/mol. The number of anilines is 2. The average molecular weight is 410 g/mol. The number of hydrogen-bond donors (Lipinski definition) is 1. The molecule has 1 N–H and O–H groups in total. The molecule has 0 radical (unpaired) electrons. The van der Waals surface area contributed by atoms with Crippen LogP contribution in [0.3, 0.4) is 0 Å². The third kappa shape index (κ3) is 4.30. The molecule has 0 aliphatic carbocycles. The minimum Gasteiger partial charge on any atom is -0.320 e. The lowest BCUT2D eigenvalue weighted by atomic mass is 10.1. The molecule has 150 valence electrons. The molecule has 0 bridgehead atoms. The highest BCUT2D eigenvalue weighted by Gasteiger charge is 2.22. The molecule has 0 saturated heterocycles. The van der Waals surface area contributed by atoms with Gasteiger partial charge in [-0.15, -0.1) is 0 Å². The van der Waals surface area contributed by atoms with Crippen molar-refractivity contribution >= 4 is 27.3 Å². The zero-order valence-electron chi connectivity index (χ0n) is 16.8. The number of hydrogen-bond acceptors (Lipinski definition) is 4. The summed E-state index contributed by atoms with van der Waals surface area (Å²) in [7, 11) is -2.31. The van der Waals surface area contributed by atoms with Crippen molar-refractivity contribution in [2.24, 2.45) is 0 Å². The van der Waals surface area contributed by atoms with E-state index in [-0.39, 0.29) is 16.4 Å². The normalized spacial score (nSPS) is 11.2. The second kappa shape index (κ2) is 8.05. The van der Waals surface area contributed by atoms with E-state index in [0.29, 0.717) is 17.1 Å². The van der Waals surface area contributed by atoms with Gasteiger partial charge in [-0.1, -0.05) is 24.3 Å². The quantitative estimate of drug-likeness (QED) is 0.688. The Bertz CT molecular complexity index is 1140. The molecule has 3 aromatic rings. The molecule has 1 amide bonds. The number of benzene rings is 2. The molecule has 7 heteroatoms. The highest BCUT2D eigenvalue weighted by molar-refractivity contribution is 7.92. The topological polar surface area (TPSA) is 79.4 Å². The van der Waals surface area contributed by atoms with Crippen molar-refractivity contribution in [1.29, 1.82) is 0 Å². The molecule has 2 aromatic carbocycles. The molecule has 0 aliphatic heterocycles. The SMILES string of the molecule is Cc1cc(C)c(NC(=O)c2cccc(S(=O)(=O)N(C)c3ccccc3)c2)c(C)n1. The summed E-state index contributed by atoms with van der Waals surface area (Å²) in [5.41, 5.74) is 3.91. The summed E-state index contributed by atoms with van der Waals surface area (Å²) >= 11 is 0. The van der Waals surface area contributed by atoms with E-state index in [1.165, 1.54) is 23.5 Å². The zero-order chi connectivity index (χ0) is 21.2. The van der Waals surface area contributed by atoms with Gasteiger partial charge in [-0.05, 0) is 62.7 Å². The maximum Gasteiger partial charge on any atom is 0.264 e. The van der Waals surface area contributed by atoms with Crippen molar-refractivity contribution < 1.29 is 13.2 Å². The molecule has 0 atom stereocenters. The Morgan fingerprint density at radius 2 is 1.66 bits per heavy atom. The van der Waals surface area contributed by atoms with Gasteiger partial charge in [-0.2, -0.15) is 0 Å². The van der Waals surface area contributed by atoms with Crippen LogP contribution >= 0.6 is 0 Å². The van der Waals surface area contributed by atoms with Gasteiger partial charge < -0.3 is 5.32 Å². The standard InChI is InChI=1S/C22H23N3O3S/c1-15-13-16(2)23-17(3)21(15)24-22(26)18-9-8-12-20(14-18)29(27,28)25(4)19-10-6-5-7-11-19/h5-14H,1-4H3,(H,24,26). The molecule has 29 heavy (non-hydrogen) atoms. The van der Waals surface area contributed by atoms with Crippen LogP contribution in [0.4, 0.5) is 11.4 Å². The highest BCUT2D eigenvalue weighted by atomic mass is 32.2. The summed E-state index contributed by atoms with van der Waals surface area (Å²) in [4.78, 5) is 17.2. The fourth-order valence-corrected chi connectivity index (χ4v) is 4.37. The van der Waals surface area contributed by atoms with Gasteiger partial charge in [0.15, 0.2) is 0 Å². The van der Waals surface area contributed by atoms with Crippen LogP contribution in [0.1, 0.15) is 27.3 Å². The summed E-state index contributed by atoms with van der Waals surface area (Å²) in [6.07, 6.45) is 0. The van der Waals surface area contributed by atoms with Gasteiger partial charge in [0.1, 0.15) is 0 Å². The number of nitrogens with one attached hydrogen (secondary N) is 1. The zero-order valence-corrected chi connectivity index (χ0v) is 17.6. The van der Waals surface area contributed by atoms with Crippen molar-refractivity contribution in [3.05, 3.63) is 83.2 Å². The minimum atomic E-state index is -3.80. The second-order valence-electron chi connectivity index (χ2n) is 6.83. The molecule has 0 aliphatic rings. The Morgan fingerprint density at radius 3 is 2.31 bits per heavy atom. The molecule has 6 nitrogen and oxygen atoms in total.